The van der Waals surface area contributed by atoms with E-state index in [2.05, 4.69) is 15.5 Å². The first-order valence-electron chi connectivity index (χ1n) is 9.62. The second kappa shape index (κ2) is 9.01. The number of carbonyl (C=O) groups is 1. The molecule has 156 valence electrons. The summed E-state index contributed by atoms with van der Waals surface area (Å²) in [4.78, 5) is 30.3. The number of aromatic nitrogens is 2. The van der Waals surface area contributed by atoms with Gasteiger partial charge in [0.15, 0.2) is 5.16 Å². The molecule has 0 bridgehead atoms. The van der Waals surface area contributed by atoms with Gasteiger partial charge in [0.25, 0.3) is 11.5 Å². The molecule has 1 amide bonds. The Labute approximate surface area is 182 Å². The van der Waals surface area contributed by atoms with Crippen molar-refractivity contribution in [2.45, 2.75) is 19.0 Å². The van der Waals surface area contributed by atoms with Gasteiger partial charge >= 0.3 is 0 Å². The van der Waals surface area contributed by atoms with Crippen LogP contribution in [0.5, 0.6) is 0 Å². The van der Waals surface area contributed by atoms with Crippen LogP contribution in [0.1, 0.15) is 18.2 Å². The minimum absolute atomic E-state index is 0.0472. The number of hydrazone groups is 1. The highest BCUT2D eigenvalue weighted by Gasteiger charge is 2.16. The van der Waals surface area contributed by atoms with Crippen LogP contribution in [-0.4, -0.2) is 26.9 Å². The van der Waals surface area contributed by atoms with Gasteiger partial charge in [0, 0.05) is 0 Å². The van der Waals surface area contributed by atoms with E-state index < -0.39 is 0 Å². The van der Waals surface area contributed by atoms with Crippen molar-refractivity contribution in [3.63, 3.8) is 0 Å². The Kier molecular flexibility index (Phi) is 5.99. The van der Waals surface area contributed by atoms with Crippen molar-refractivity contribution in [2.24, 2.45) is 5.10 Å². The van der Waals surface area contributed by atoms with Crippen LogP contribution in [0.4, 0.5) is 0 Å². The number of benzene rings is 2. The fourth-order valence-corrected chi connectivity index (χ4v) is 3.88. The quantitative estimate of drug-likeness (QED) is 0.216. The Balaban J connectivity index is 1.63. The Hall–Kier alpha value is -3.65. The van der Waals surface area contributed by atoms with Crippen molar-refractivity contribution in [1.82, 2.24) is 15.0 Å². The molecule has 4 rings (SSSR count). The summed E-state index contributed by atoms with van der Waals surface area (Å²) in [5.41, 5.74) is 5.17. The molecule has 7 nitrogen and oxygen atoms in total. The van der Waals surface area contributed by atoms with Gasteiger partial charge in [-0.15, -0.1) is 0 Å². The second-order valence-corrected chi connectivity index (χ2v) is 7.78. The minimum Gasteiger partial charge on any atom is -0.463 e. The largest absolute Gasteiger partial charge is 0.463 e. The molecule has 8 heteroatoms. The molecule has 31 heavy (non-hydrogen) atoms. The Bertz CT molecular complexity index is 1330. The maximum atomic E-state index is 13.3. The summed E-state index contributed by atoms with van der Waals surface area (Å²) < 4.78 is 6.81. The number of hydrogen-bond acceptors (Lipinski definition) is 6. The Morgan fingerprint density at radius 2 is 1.90 bits per heavy atom. The average molecular weight is 433 g/mol. The smallest absolute Gasteiger partial charge is 0.266 e. The summed E-state index contributed by atoms with van der Waals surface area (Å²) in [5, 5.41) is 5.03. The molecule has 2 aromatic heterocycles. The van der Waals surface area contributed by atoms with Crippen molar-refractivity contribution in [3.05, 3.63) is 88.6 Å². The van der Waals surface area contributed by atoms with Crippen LogP contribution in [0.15, 0.2) is 86.4 Å². The summed E-state index contributed by atoms with van der Waals surface area (Å²) in [5.74, 6) is 0.318. The number of hydrogen-bond donors (Lipinski definition) is 1. The zero-order valence-corrected chi connectivity index (χ0v) is 17.8. The van der Waals surface area contributed by atoms with E-state index in [0.717, 1.165) is 11.3 Å². The molecule has 0 unspecified atom stereocenters. The van der Waals surface area contributed by atoms with Gasteiger partial charge in [-0.1, -0.05) is 42.1 Å². The van der Waals surface area contributed by atoms with E-state index >= 15 is 0 Å². The van der Waals surface area contributed by atoms with Gasteiger partial charge in [0.2, 0.25) is 0 Å². The molecule has 1 N–H and O–H groups in total. The second-order valence-electron chi connectivity index (χ2n) is 6.84. The van der Waals surface area contributed by atoms with Gasteiger partial charge in [0.05, 0.1) is 28.6 Å². The average Bonchev–Trinajstić information content (AvgIpc) is 3.32. The number of rotatable bonds is 6. The van der Waals surface area contributed by atoms with Gasteiger partial charge in [-0.2, -0.15) is 5.10 Å². The van der Waals surface area contributed by atoms with E-state index in [0.29, 0.717) is 27.5 Å². The molecule has 0 fully saturated rings. The summed E-state index contributed by atoms with van der Waals surface area (Å²) in [6.45, 7) is 3.68. The van der Waals surface area contributed by atoms with E-state index in [1.807, 2.05) is 43.3 Å². The first-order valence-corrected chi connectivity index (χ1v) is 10.6. The number of nitrogens with zero attached hydrogens (tertiary/aromatic N) is 3. The molecule has 0 spiro atoms. The number of nitrogens with one attached hydrogen (secondary N) is 1. The molecule has 2 heterocycles. The maximum Gasteiger partial charge on any atom is 0.266 e. The molecule has 0 aliphatic heterocycles. The molecule has 0 saturated carbocycles. The third-order valence-corrected chi connectivity index (χ3v) is 5.60. The van der Waals surface area contributed by atoms with Crippen molar-refractivity contribution >= 4 is 34.3 Å². The molecule has 0 radical (unpaired) electrons. The van der Waals surface area contributed by atoms with E-state index in [9.17, 15) is 9.59 Å². The lowest BCUT2D eigenvalue weighted by Gasteiger charge is -2.14. The topological polar surface area (TPSA) is 89.5 Å². The first kappa shape index (κ1) is 20.6. The zero-order chi connectivity index (χ0) is 21.8. The van der Waals surface area contributed by atoms with E-state index in [4.69, 9.17) is 4.42 Å². The molecule has 0 aliphatic carbocycles. The summed E-state index contributed by atoms with van der Waals surface area (Å²) in [6, 6.07) is 18.3. The molecule has 0 atom stereocenters. The van der Waals surface area contributed by atoms with Crippen LogP contribution in [-0.2, 0) is 4.79 Å². The lowest BCUT2D eigenvalue weighted by Crippen LogP contribution is -2.25. The molecule has 4 aromatic rings. The number of aryl methyl sites for hydroxylation is 1. The van der Waals surface area contributed by atoms with Crippen molar-refractivity contribution < 1.29 is 9.21 Å². The normalized spacial score (nSPS) is 11.6. The van der Waals surface area contributed by atoms with Gasteiger partial charge < -0.3 is 4.42 Å². The highest BCUT2D eigenvalue weighted by atomic mass is 32.2. The first-order chi connectivity index (χ1) is 15.0. The molecular weight excluding hydrogens is 412 g/mol. The number of carbonyl (C=O) groups excluding carboxylic acids is 1. The number of furan rings is 1. The van der Waals surface area contributed by atoms with Crippen LogP contribution in [0, 0.1) is 6.92 Å². The van der Waals surface area contributed by atoms with Gasteiger partial charge in [0.1, 0.15) is 11.5 Å². The highest BCUT2D eigenvalue weighted by Crippen LogP contribution is 2.23. The summed E-state index contributed by atoms with van der Waals surface area (Å²) in [6.07, 6.45) is 1.54. The van der Waals surface area contributed by atoms with Gasteiger partial charge in [-0.25, -0.2) is 10.4 Å². The minimum atomic E-state index is -0.311. The van der Waals surface area contributed by atoms with Crippen LogP contribution < -0.4 is 11.0 Å². The standard InChI is InChI=1S/C23H20N4O3S/c1-15-8-3-6-11-19(15)27-22(29)17-9-4-5-10-18(17)24-23(27)31-14-21(28)26-25-16(2)20-12-7-13-30-20/h3-13H,14H2,1-2H3,(H,26,28). The van der Waals surface area contributed by atoms with Crippen LogP contribution in [0.3, 0.4) is 0 Å². The van der Waals surface area contributed by atoms with Crippen LogP contribution in [0.25, 0.3) is 16.6 Å². The predicted molar refractivity (Wildman–Crippen MR) is 122 cm³/mol. The fourth-order valence-electron chi connectivity index (χ4n) is 3.08. The molecule has 0 saturated heterocycles. The van der Waals surface area contributed by atoms with Crippen molar-refractivity contribution in [3.8, 4) is 5.69 Å². The highest BCUT2D eigenvalue weighted by molar-refractivity contribution is 7.99. The SMILES string of the molecule is CC(=NNC(=O)CSc1nc2ccccc2c(=O)n1-c1ccccc1C)c1ccco1. The Morgan fingerprint density at radius 1 is 1.13 bits per heavy atom. The third kappa shape index (κ3) is 4.44. The molecule has 0 aliphatic rings. The third-order valence-electron chi connectivity index (χ3n) is 4.66. The monoisotopic (exact) mass is 432 g/mol. The van der Waals surface area contributed by atoms with Gasteiger partial charge in [-0.3, -0.25) is 14.2 Å². The van der Waals surface area contributed by atoms with E-state index in [1.165, 1.54) is 11.8 Å². The summed E-state index contributed by atoms with van der Waals surface area (Å²) in [7, 11) is 0. The number of fused-ring (bicyclic) bond motifs is 1. The number of thioether (sulfide) groups is 1. The zero-order valence-electron chi connectivity index (χ0n) is 17.0. The van der Waals surface area contributed by atoms with Crippen LogP contribution >= 0.6 is 11.8 Å². The molecular formula is C23H20N4O3S. The van der Waals surface area contributed by atoms with Crippen molar-refractivity contribution in [2.75, 3.05) is 5.75 Å². The van der Waals surface area contributed by atoms with Crippen LogP contribution in [0.2, 0.25) is 0 Å². The summed E-state index contributed by atoms with van der Waals surface area (Å²) >= 11 is 1.18. The number of para-hydroxylation sites is 2. The van der Waals surface area contributed by atoms with E-state index in [1.54, 1.807) is 42.0 Å². The lowest BCUT2D eigenvalue weighted by atomic mass is 10.2. The van der Waals surface area contributed by atoms with E-state index in [-0.39, 0.29) is 17.2 Å². The predicted octanol–water partition coefficient (Wildman–Crippen LogP) is 3.92. The van der Waals surface area contributed by atoms with Crippen molar-refractivity contribution in [1.29, 1.82) is 0 Å². The Morgan fingerprint density at radius 3 is 2.68 bits per heavy atom. The molecule has 2 aromatic carbocycles. The van der Waals surface area contributed by atoms with Gasteiger partial charge in [-0.05, 0) is 49.7 Å². The maximum absolute atomic E-state index is 13.3. The number of amides is 1. The lowest BCUT2D eigenvalue weighted by molar-refractivity contribution is -0.118. The fraction of sp³-hybridized carbons (Fsp3) is 0.130.